The van der Waals surface area contributed by atoms with Crippen molar-refractivity contribution in [3.8, 4) is 5.75 Å². The van der Waals surface area contributed by atoms with Gasteiger partial charge in [-0.1, -0.05) is 17.3 Å². The van der Waals surface area contributed by atoms with E-state index in [0.29, 0.717) is 30.8 Å². The first kappa shape index (κ1) is 15.2. The van der Waals surface area contributed by atoms with Crippen LogP contribution in [0.15, 0.2) is 18.3 Å². The Morgan fingerprint density at radius 1 is 1.46 bits per heavy atom. The minimum Gasteiger partial charge on any atom is -0.535 e. The maximum atomic E-state index is 11.7. The third-order valence-corrected chi connectivity index (χ3v) is 4.54. The molecule has 4 rings (SSSR count). The van der Waals surface area contributed by atoms with E-state index in [9.17, 15) is 14.9 Å². The maximum Gasteiger partial charge on any atom is 0.522 e. The number of carboxylic acids is 1. The molecule has 2 aliphatic rings. The van der Waals surface area contributed by atoms with Crippen molar-refractivity contribution in [1.82, 2.24) is 20.3 Å². The Bertz CT molecular complexity index is 790. The van der Waals surface area contributed by atoms with Gasteiger partial charge in [-0.3, -0.25) is 0 Å². The predicted molar refractivity (Wildman–Crippen MR) is 85.2 cm³/mol. The molecule has 1 aromatic heterocycles. The number of carboxylic acid groups (broad SMARTS) is 1. The van der Waals surface area contributed by atoms with Crippen LogP contribution in [0.5, 0.6) is 5.75 Å². The van der Waals surface area contributed by atoms with Gasteiger partial charge in [0.15, 0.2) is 0 Å². The summed E-state index contributed by atoms with van der Waals surface area (Å²) in [4.78, 5) is 11.7. The Labute approximate surface area is 138 Å². The van der Waals surface area contributed by atoms with E-state index in [1.807, 2.05) is 12.3 Å². The predicted octanol–water partition coefficient (Wildman–Crippen LogP) is 0.127. The van der Waals surface area contributed by atoms with Gasteiger partial charge in [0, 0.05) is 25.2 Å². The number of rotatable bonds is 4. The zero-order chi connectivity index (χ0) is 16.7. The first-order valence-electron chi connectivity index (χ1n) is 7.95. The van der Waals surface area contributed by atoms with Crippen LogP contribution in [0.3, 0.4) is 0 Å². The smallest absolute Gasteiger partial charge is 0.522 e. The summed E-state index contributed by atoms with van der Waals surface area (Å²) in [6.07, 6.45) is 2.92. The van der Waals surface area contributed by atoms with Gasteiger partial charge in [-0.2, -0.15) is 0 Å². The number of nitrogens with zero attached hydrogens (tertiary/aromatic N) is 3. The third kappa shape index (κ3) is 2.65. The highest BCUT2D eigenvalue weighted by atomic mass is 16.5. The number of aromatic carboxylic acids is 1. The van der Waals surface area contributed by atoms with Crippen LogP contribution in [-0.4, -0.2) is 51.3 Å². The van der Waals surface area contributed by atoms with E-state index in [2.05, 4.69) is 15.6 Å². The van der Waals surface area contributed by atoms with Crippen molar-refractivity contribution in [2.45, 2.75) is 25.2 Å². The molecule has 0 amide bonds. The molecule has 0 atom stereocenters. The number of nitrogens with one attached hydrogen (secondary N) is 1. The second kappa shape index (κ2) is 5.92. The van der Waals surface area contributed by atoms with Crippen LogP contribution in [-0.2, 0) is 13.0 Å². The third-order valence-electron chi connectivity index (χ3n) is 4.54. The fraction of sp³-hybridized carbons (Fsp3) is 0.400. The van der Waals surface area contributed by atoms with E-state index >= 15 is 0 Å². The number of hydrogen-bond acceptors (Lipinski definition) is 6. The lowest BCUT2D eigenvalue weighted by Gasteiger charge is -2.24. The van der Waals surface area contributed by atoms with Crippen molar-refractivity contribution in [3.05, 3.63) is 40.7 Å². The van der Waals surface area contributed by atoms with E-state index in [1.165, 1.54) is 0 Å². The molecule has 0 saturated carbocycles. The van der Waals surface area contributed by atoms with E-state index in [1.54, 1.807) is 10.7 Å². The standard InChI is InChI=1S/C15H17BN4O4/c21-15(22)13-10(2-1-9-3-4-16(23)24-14(9)13)7-20-8-12(18-19-20)11-5-17-6-11/h1-2,8,11,17,23H,3-7H2,(H,21,22). The van der Waals surface area contributed by atoms with Crippen LogP contribution in [0.4, 0.5) is 0 Å². The van der Waals surface area contributed by atoms with Gasteiger partial charge < -0.3 is 20.1 Å². The monoisotopic (exact) mass is 328 g/mol. The van der Waals surface area contributed by atoms with E-state index in [0.717, 1.165) is 24.3 Å². The number of carbonyl (C=O) groups is 1. The van der Waals surface area contributed by atoms with Crippen LogP contribution < -0.4 is 9.97 Å². The Morgan fingerprint density at radius 2 is 2.29 bits per heavy atom. The summed E-state index contributed by atoms with van der Waals surface area (Å²) in [5.74, 6) is -0.429. The van der Waals surface area contributed by atoms with Crippen molar-refractivity contribution in [2.75, 3.05) is 13.1 Å². The van der Waals surface area contributed by atoms with E-state index in [4.69, 9.17) is 4.65 Å². The van der Waals surface area contributed by atoms with Gasteiger partial charge in [-0.15, -0.1) is 5.10 Å². The summed E-state index contributed by atoms with van der Waals surface area (Å²) < 4.78 is 7.03. The number of fused-ring (bicyclic) bond motifs is 1. The van der Waals surface area contributed by atoms with Gasteiger partial charge in [0.25, 0.3) is 0 Å². The summed E-state index contributed by atoms with van der Waals surface area (Å²) >= 11 is 0. The SMILES string of the molecule is O=C(O)c1c(Cn2cc(C3CNC3)nn2)ccc2c1OB(O)CC2. The fourth-order valence-corrected chi connectivity index (χ4v) is 3.09. The van der Waals surface area contributed by atoms with Gasteiger partial charge in [-0.25, -0.2) is 9.48 Å². The van der Waals surface area contributed by atoms with Gasteiger partial charge in [0.2, 0.25) is 0 Å². The molecule has 1 fully saturated rings. The van der Waals surface area contributed by atoms with Crippen molar-refractivity contribution in [1.29, 1.82) is 0 Å². The number of hydrogen-bond donors (Lipinski definition) is 3. The zero-order valence-corrected chi connectivity index (χ0v) is 13.0. The maximum absolute atomic E-state index is 11.7. The summed E-state index contributed by atoms with van der Waals surface area (Å²) in [6, 6.07) is 3.65. The van der Waals surface area contributed by atoms with Gasteiger partial charge in [0.1, 0.15) is 11.3 Å². The molecule has 1 aromatic carbocycles. The Morgan fingerprint density at radius 3 is 3.00 bits per heavy atom. The molecule has 2 aromatic rings. The summed E-state index contributed by atoms with van der Waals surface area (Å²) in [6.45, 7) is 2.08. The molecule has 1 saturated heterocycles. The molecule has 0 unspecified atom stereocenters. The molecule has 0 radical (unpaired) electrons. The van der Waals surface area contributed by atoms with E-state index in [-0.39, 0.29) is 11.3 Å². The van der Waals surface area contributed by atoms with Crippen LogP contribution in [0.25, 0.3) is 0 Å². The highest BCUT2D eigenvalue weighted by Gasteiger charge is 2.29. The van der Waals surface area contributed by atoms with Crippen molar-refractivity contribution >= 4 is 13.1 Å². The topological polar surface area (TPSA) is 110 Å². The molecule has 0 bridgehead atoms. The molecule has 9 heteroatoms. The van der Waals surface area contributed by atoms with Crippen molar-refractivity contribution < 1.29 is 19.6 Å². The van der Waals surface area contributed by atoms with Crippen molar-refractivity contribution in [3.63, 3.8) is 0 Å². The molecule has 124 valence electrons. The molecule has 3 heterocycles. The normalized spacial score (nSPS) is 17.1. The zero-order valence-electron chi connectivity index (χ0n) is 13.0. The van der Waals surface area contributed by atoms with E-state index < -0.39 is 13.1 Å². The molecule has 0 spiro atoms. The largest absolute Gasteiger partial charge is 0.535 e. The lowest BCUT2D eigenvalue weighted by molar-refractivity contribution is 0.0693. The Hall–Kier alpha value is -2.39. The van der Waals surface area contributed by atoms with Crippen LogP contribution in [0.1, 0.15) is 33.1 Å². The molecule has 0 aliphatic carbocycles. The van der Waals surface area contributed by atoms with Crippen molar-refractivity contribution in [2.24, 2.45) is 0 Å². The van der Waals surface area contributed by atoms with Crippen LogP contribution in [0, 0.1) is 0 Å². The molecular formula is C15H17BN4O4. The summed E-state index contributed by atoms with van der Waals surface area (Å²) in [5, 5.41) is 30.7. The molecule has 2 aliphatic heterocycles. The first-order valence-corrected chi connectivity index (χ1v) is 7.95. The van der Waals surface area contributed by atoms with Crippen LogP contribution >= 0.6 is 0 Å². The molecular weight excluding hydrogens is 311 g/mol. The highest BCUT2D eigenvalue weighted by molar-refractivity contribution is 6.44. The Kier molecular flexibility index (Phi) is 3.74. The highest BCUT2D eigenvalue weighted by Crippen LogP contribution is 2.33. The lowest BCUT2D eigenvalue weighted by Crippen LogP contribution is -2.40. The minimum atomic E-state index is -1.07. The number of aryl methyl sites for hydroxylation is 1. The number of aromatic nitrogens is 3. The molecule has 8 nitrogen and oxygen atoms in total. The number of benzene rings is 1. The fourth-order valence-electron chi connectivity index (χ4n) is 3.09. The van der Waals surface area contributed by atoms with Gasteiger partial charge in [0.05, 0.1) is 12.2 Å². The molecule has 24 heavy (non-hydrogen) atoms. The first-order chi connectivity index (χ1) is 11.6. The quantitative estimate of drug-likeness (QED) is 0.684. The van der Waals surface area contributed by atoms with Gasteiger partial charge >= 0.3 is 13.1 Å². The van der Waals surface area contributed by atoms with Crippen LogP contribution in [0.2, 0.25) is 6.32 Å². The molecule has 3 N–H and O–H groups in total. The minimum absolute atomic E-state index is 0.0913. The summed E-state index contributed by atoms with van der Waals surface area (Å²) in [7, 11) is -0.963. The summed E-state index contributed by atoms with van der Waals surface area (Å²) in [5.41, 5.74) is 2.39. The Balaban J connectivity index is 1.66. The second-order valence-electron chi connectivity index (χ2n) is 6.20. The second-order valence-corrected chi connectivity index (χ2v) is 6.20. The van der Waals surface area contributed by atoms with Gasteiger partial charge in [-0.05, 0) is 23.9 Å². The average Bonchev–Trinajstić information content (AvgIpc) is 2.92. The average molecular weight is 328 g/mol. The lowest BCUT2D eigenvalue weighted by atomic mass is 9.78.